The van der Waals surface area contributed by atoms with E-state index in [1.165, 1.54) is 29.9 Å². The third kappa shape index (κ3) is 4.02. The van der Waals surface area contributed by atoms with Crippen LogP contribution < -0.4 is 5.56 Å². The second-order valence-electron chi connectivity index (χ2n) is 6.88. The molecule has 0 bridgehead atoms. The van der Waals surface area contributed by atoms with Crippen LogP contribution >= 0.6 is 0 Å². The minimum Gasteiger partial charge on any atom is -0.391 e. The van der Waals surface area contributed by atoms with E-state index >= 15 is 0 Å². The Bertz CT molecular complexity index is 1020. The topological polar surface area (TPSA) is 113 Å². The molecule has 1 saturated heterocycles. The number of para-hydroxylation sites is 1. The van der Waals surface area contributed by atoms with Gasteiger partial charge in [0.1, 0.15) is 6.54 Å². The summed E-state index contributed by atoms with van der Waals surface area (Å²) in [5.41, 5.74) is 0.234. The van der Waals surface area contributed by atoms with Crippen molar-refractivity contribution in [3.05, 3.63) is 40.9 Å². The van der Waals surface area contributed by atoms with Gasteiger partial charge in [-0.2, -0.15) is 0 Å². The average Bonchev–Trinajstić information content (AvgIpc) is 2.97. The lowest BCUT2D eigenvalue weighted by molar-refractivity contribution is -0.131. The van der Waals surface area contributed by atoms with Crippen molar-refractivity contribution in [3.8, 4) is 0 Å². The number of hydrogen-bond acceptors (Lipinski definition) is 6. The van der Waals surface area contributed by atoms with E-state index in [1.54, 1.807) is 24.3 Å². The number of likely N-dealkylation sites (tertiary alicyclic amines) is 1. The first-order chi connectivity index (χ1) is 12.7. The molecule has 1 N–H and O–H groups in total. The van der Waals surface area contributed by atoms with E-state index in [1.807, 2.05) is 0 Å². The van der Waals surface area contributed by atoms with Crippen molar-refractivity contribution in [2.45, 2.75) is 12.6 Å². The molecule has 2 aromatic rings. The van der Waals surface area contributed by atoms with Gasteiger partial charge >= 0.3 is 0 Å². The fourth-order valence-electron chi connectivity index (χ4n) is 3.11. The Balaban J connectivity index is 1.72. The minimum atomic E-state index is -3.48. The SMILES string of the molecule is CN(C)S(=O)(=O)C[C@@H]1CN(C(=O)Cn2cnc3ccccc3c2=O)C[C@H]1O. The van der Waals surface area contributed by atoms with Gasteiger partial charge in [-0.1, -0.05) is 12.1 Å². The second-order valence-corrected chi connectivity index (χ2v) is 9.11. The van der Waals surface area contributed by atoms with Gasteiger partial charge in [-0.05, 0) is 12.1 Å². The molecule has 0 aliphatic carbocycles. The predicted molar refractivity (Wildman–Crippen MR) is 99.6 cm³/mol. The summed E-state index contributed by atoms with van der Waals surface area (Å²) < 4.78 is 26.4. The first-order valence-electron chi connectivity index (χ1n) is 8.49. The van der Waals surface area contributed by atoms with E-state index in [-0.39, 0.29) is 36.9 Å². The molecule has 0 saturated carbocycles. The summed E-state index contributed by atoms with van der Waals surface area (Å²) in [6.45, 7) is -0.0401. The zero-order valence-electron chi connectivity index (χ0n) is 15.1. The number of carbonyl (C=O) groups is 1. The monoisotopic (exact) mass is 394 g/mol. The van der Waals surface area contributed by atoms with Crippen LogP contribution in [0.1, 0.15) is 0 Å². The fourth-order valence-corrected chi connectivity index (χ4v) is 4.27. The van der Waals surface area contributed by atoms with Crippen molar-refractivity contribution in [2.75, 3.05) is 32.9 Å². The van der Waals surface area contributed by atoms with Gasteiger partial charge in [0.25, 0.3) is 5.56 Å². The number of benzene rings is 1. The van der Waals surface area contributed by atoms with Crippen LogP contribution in [0, 0.1) is 5.92 Å². The number of β-amino-alcohol motifs (C(OH)–C–C–N with tert-alkyl or cyclic N) is 1. The summed E-state index contributed by atoms with van der Waals surface area (Å²) in [6, 6.07) is 6.87. The van der Waals surface area contributed by atoms with Gasteiger partial charge in [0.15, 0.2) is 0 Å². The van der Waals surface area contributed by atoms with Gasteiger partial charge < -0.3 is 10.0 Å². The van der Waals surface area contributed by atoms with Crippen molar-refractivity contribution >= 4 is 26.8 Å². The molecule has 1 aromatic heterocycles. The van der Waals surface area contributed by atoms with Crippen LogP contribution in [0.15, 0.2) is 35.4 Å². The quantitative estimate of drug-likeness (QED) is 0.704. The van der Waals surface area contributed by atoms with Crippen LogP contribution in [-0.4, -0.2) is 77.2 Å². The van der Waals surface area contributed by atoms with Crippen LogP contribution in [-0.2, 0) is 21.4 Å². The van der Waals surface area contributed by atoms with Crippen LogP contribution in [0.4, 0.5) is 0 Å². The van der Waals surface area contributed by atoms with Gasteiger partial charge in [0, 0.05) is 33.1 Å². The van der Waals surface area contributed by atoms with Gasteiger partial charge in [0.2, 0.25) is 15.9 Å². The first-order valence-corrected chi connectivity index (χ1v) is 10.1. The van der Waals surface area contributed by atoms with Crippen molar-refractivity contribution < 1.29 is 18.3 Å². The number of aliphatic hydroxyl groups excluding tert-OH is 1. The Hall–Kier alpha value is -2.30. The Morgan fingerprint density at radius 2 is 2.00 bits per heavy atom. The summed E-state index contributed by atoms with van der Waals surface area (Å²) >= 11 is 0. The number of nitrogens with zero attached hydrogens (tertiary/aromatic N) is 4. The molecule has 0 spiro atoms. The summed E-state index contributed by atoms with van der Waals surface area (Å²) in [4.78, 5) is 30.6. The summed E-state index contributed by atoms with van der Waals surface area (Å²) in [5, 5.41) is 10.6. The van der Waals surface area contributed by atoms with E-state index in [2.05, 4.69) is 4.98 Å². The summed E-state index contributed by atoms with van der Waals surface area (Å²) in [7, 11) is -0.625. The molecule has 9 nitrogen and oxygen atoms in total. The molecule has 2 heterocycles. The fraction of sp³-hybridized carbons (Fsp3) is 0.471. The van der Waals surface area contributed by atoms with Crippen molar-refractivity contribution in [3.63, 3.8) is 0 Å². The van der Waals surface area contributed by atoms with E-state index in [4.69, 9.17) is 0 Å². The molecule has 1 amide bonds. The molecule has 10 heteroatoms. The van der Waals surface area contributed by atoms with E-state index in [0.717, 1.165) is 4.31 Å². The highest BCUT2D eigenvalue weighted by Gasteiger charge is 2.37. The number of amides is 1. The van der Waals surface area contributed by atoms with Gasteiger partial charge in [-0.25, -0.2) is 17.7 Å². The Labute approximate surface area is 156 Å². The highest BCUT2D eigenvalue weighted by molar-refractivity contribution is 7.89. The maximum Gasteiger partial charge on any atom is 0.261 e. The molecule has 146 valence electrons. The van der Waals surface area contributed by atoms with Gasteiger partial charge in [-0.3, -0.25) is 14.2 Å². The molecule has 1 aliphatic rings. The van der Waals surface area contributed by atoms with E-state index < -0.39 is 22.0 Å². The average molecular weight is 394 g/mol. The minimum absolute atomic E-state index is 0.0439. The van der Waals surface area contributed by atoms with Crippen LogP contribution in [0.5, 0.6) is 0 Å². The Morgan fingerprint density at radius 3 is 2.70 bits per heavy atom. The molecule has 0 radical (unpaired) electrons. The predicted octanol–water partition coefficient (Wildman–Crippen LogP) is -0.893. The lowest BCUT2D eigenvalue weighted by Crippen LogP contribution is -2.36. The number of hydrogen-bond donors (Lipinski definition) is 1. The third-order valence-corrected chi connectivity index (χ3v) is 6.74. The number of sulfonamides is 1. The smallest absolute Gasteiger partial charge is 0.261 e. The third-order valence-electron chi connectivity index (χ3n) is 4.78. The van der Waals surface area contributed by atoms with Gasteiger partial charge in [-0.15, -0.1) is 0 Å². The highest BCUT2D eigenvalue weighted by Crippen LogP contribution is 2.20. The molecular weight excluding hydrogens is 372 g/mol. The number of rotatable bonds is 5. The van der Waals surface area contributed by atoms with Gasteiger partial charge in [0.05, 0.1) is 29.1 Å². The van der Waals surface area contributed by atoms with Crippen molar-refractivity contribution in [2.24, 2.45) is 5.92 Å². The molecule has 3 rings (SSSR count). The van der Waals surface area contributed by atoms with E-state index in [0.29, 0.717) is 10.9 Å². The number of aromatic nitrogens is 2. The van der Waals surface area contributed by atoms with Crippen molar-refractivity contribution in [1.29, 1.82) is 0 Å². The molecule has 1 aromatic carbocycles. The largest absolute Gasteiger partial charge is 0.391 e. The molecule has 1 fully saturated rings. The maximum atomic E-state index is 12.6. The number of carbonyl (C=O) groups excluding carboxylic acids is 1. The van der Waals surface area contributed by atoms with E-state index in [9.17, 15) is 23.1 Å². The first kappa shape index (κ1) is 19.5. The summed E-state index contributed by atoms with van der Waals surface area (Å²) in [6.07, 6.45) is 0.401. The Kier molecular flexibility index (Phi) is 5.31. The zero-order chi connectivity index (χ0) is 19.8. The lowest BCUT2D eigenvalue weighted by Gasteiger charge is -2.18. The molecule has 27 heavy (non-hydrogen) atoms. The van der Waals surface area contributed by atoms with Crippen LogP contribution in [0.3, 0.4) is 0 Å². The molecule has 1 aliphatic heterocycles. The highest BCUT2D eigenvalue weighted by atomic mass is 32.2. The molecular formula is C17H22N4O5S. The van der Waals surface area contributed by atoms with Crippen LogP contribution in [0.2, 0.25) is 0 Å². The lowest BCUT2D eigenvalue weighted by atomic mass is 10.1. The normalized spacial score (nSPS) is 20.5. The zero-order valence-corrected chi connectivity index (χ0v) is 16.0. The van der Waals surface area contributed by atoms with Crippen molar-refractivity contribution in [1.82, 2.24) is 18.8 Å². The standard InChI is InChI=1S/C17H22N4O5S/c1-19(2)27(25,26)10-12-7-20(8-15(12)22)16(23)9-21-11-18-14-6-4-3-5-13(14)17(21)24/h3-6,11-12,15,22H,7-10H2,1-2H3/t12-,15+/m0/s1. The number of aliphatic hydroxyl groups is 1. The maximum absolute atomic E-state index is 12.6. The molecule has 2 atom stereocenters. The van der Waals surface area contributed by atoms with Crippen LogP contribution in [0.25, 0.3) is 10.9 Å². The second kappa shape index (κ2) is 7.37. The molecule has 0 unspecified atom stereocenters. The number of fused-ring (bicyclic) bond motifs is 1. The summed E-state index contributed by atoms with van der Waals surface area (Å²) in [5.74, 6) is -1.16. The Morgan fingerprint density at radius 1 is 1.30 bits per heavy atom.